The van der Waals surface area contributed by atoms with E-state index in [1.807, 2.05) is 25.1 Å². The third-order valence-corrected chi connectivity index (χ3v) is 3.83. The van der Waals surface area contributed by atoms with Gasteiger partial charge in [-0.05, 0) is 40.8 Å². The third-order valence-electron chi connectivity index (χ3n) is 3.01. The lowest BCUT2D eigenvalue weighted by Crippen LogP contribution is -2.17. The van der Waals surface area contributed by atoms with E-state index >= 15 is 0 Å². The van der Waals surface area contributed by atoms with Crippen LogP contribution in [0.1, 0.15) is 24.6 Å². The van der Waals surface area contributed by atoms with E-state index < -0.39 is 0 Å². The van der Waals surface area contributed by atoms with Crippen molar-refractivity contribution >= 4 is 15.9 Å². The Kier molecular flexibility index (Phi) is 4.42. The molecule has 0 atom stereocenters. The van der Waals surface area contributed by atoms with E-state index in [2.05, 4.69) is 33.2 Å². The van der Waals surface area contributed by atoms with Crippen LogP contribution in [-0.2, 0) is 19.4 Å². The van der Waals surface area contributed by atoms with E-state index in [-0.39, 0.29) is 5.56 Å². The topological polar surface area (TPSA) is 37.8 Å². The van der Waals surface area contributed by atoms with Crippen molar-refractivity contribution in [2.45, 2.75) is 32.7 Å². The Hall–Kier alpha value is -1.29. The smallest absolute Gasteiger partial charge is 0.281 e. The molecule has 0 saturated carbocycles. The quantitative estimate of drug-likeness (QED) is 0.905. The number of H-pyrrole nitrogens is 1. The molecule has 0 unspecified atom stereocenters. The summed E-state index contributed by atoms with van der Waals surface area (Å²) >= 11 is 3.33. The summed E-state index contributed by atoms with van der Waals surface area (Å²) < 4.78 is 2.36. The number of aromatic nitrogens is 2. The van der Waals surface area contributed by atoms with Crippen LogP contribution in [0.3, 0.4) is 0 Å². The van der Waals surface area contributed by atoms with Gasteiger partial charge in [0.15, 0.2) is 0 Å². The Bertz CT molecular complexity index is 557. The van der Waals surface area contributed by atoms with Gasteiger partial charge < -0.3 is 0 Å². The zero-order chi connectivity index (χ0) is 13.0. The molecule has 0 aliphatic rings. The first-order valence-corrected chi connectivity index (χ1v) is 7.02. The number of nitrogens with one attached hydrogen (secondary N) is 1. The van der Waals surface area contributed by atoms with Gasteiger partial charge in [-0.2, -0.15) is 0 Å². The van der Waals surface area contributed by atoms with E-state index in [4.69, 9.17) is 0 Å². The molecule has 0 aliphatic heterocycles. The molecular formula is C14H17BrN2O. The minimum Gasteiger partial charge on any atom is -0.299 e. The minimum atomic E-state index is 0.0416. The summed E-state index contributed by atoms with van der Waals surface area (Å²) in [5.41, 5.74) is 2.33. The Morgan fingerprint density at radius 2 is 2.00 bits per heavy atom. The SMILES string of the molecule is CCc1[nH]n(CCCc2ccccc2)c(=O)c1Br. The molecule has 0 bridgehead atoms. The van der Waals surface area contributed by atoms with Crippen molar-refractivity contribution in [3.8, 4) is 0 Å². The van der Waals surface area contributed by atoms with Crippen molar-refractivity contribution < 1.29 is 0 Å². The standard InChI is InChI=1S/C14H17BrN2O/c1-2-12-13(15)14(18)17(16-12)10-6-9-11-7-4-3-5-8-11/h3-5,7-8,16H,2,6,9-10H2,1H3. The molecule has 18 heavy (non-hydrogen) atoms. The largest absolute Gasteiger partial charge is 0.299 e. The highest BCUT2D eigenvalue weighted by Crippen LogP contribution is 2.10. The van der Waals surface area contributed by atoms with Gasteiger partial charge >= 0.3 is 0 Å². The van der Waals surface area contributed by atoms with Crippen LogP contribution in [0.15, 0.2) is 39.6 Å². The summed E-state index contributed by atoms with van der Waals surface area (Å²) in [6.45, 7) is 2.76. The molecule has 2 aromatic rings. The first-order valence-electron chi connectivity index (χ1n) is 6.23. The molecule has 0 amide bonds. The molecule has 1 N–H and O–H groups in total. The molecule has 0 fully saturated rings. The van der Waals surface area contributed by atoms with Gasteiger partial charge in [-0.3, -0.25) is 14.6 Å². The number of nitrogens with zero attached hydrogens (tertiary/aromatic N) is 1. The lowest BCUT2D eigenvalue weighted by molar-refractivity contribution is 0.558. The van der Waals surface area contributed by atoms with Crippen LogP contribution in [0.5, 0.6) is 0 Å². The molecule has 1 aromatic heterocycles. The molecular weight excluding hydrogens is 292 g/mol. The molecule has 0 aliphatic carbocycles. The van der Waals surface area contributed by atoms with Crippen LogP contribution < -0.4 is 5.56 Å². The number of benzene rings is 1. The Balaban J connectivity index is 1.97. The van der Waals surface area contributed by atoms with Crippen molar-refractivity contribution in [1.82, 2.24) is 9.78 Å². The highest BCUT2D eigenvalue weighted by molar-refractivity contribution is 9.10. The van der Waals surface area contributed by atoms with Gasteiger partial charge in [-0.25, -0.2) is 0 Å². The fourth-order valence-corrected chi connectivity index (χ4v) is 2.57. The number of aromatic amines is 1. The zero-order valence-electron chi connectivity index (χ0n) is 10.4. The number of hydrogen-bond donors (Lipinski definition) is 1. The molecule has 0 spiro atoms. The second kappa shape index (κ2) is 6.05. The molecule has 0 saturated heterocycles. The lowest BCUT2D eigenvalue weighted by Gasteiger charge is -2.02. The van der Waals surface area contributed by atoms with E-state index in [0.29, 0.717) is 4.47 Å². The first-order chi connectivity index (χ1) is 8.72. The highest BCUT2D eigenvalue weighted by atomic mass is 79.9. The maximum atomic E-state index is 11.9. The first kappa shape index (κ1) is 13.1. The fraction of sp³-hybridized carbons (Fsp3) is 0.357. The van der Waals surface area contributed by atoms with Gasteiger partial charge in [-0.1, -0.05) is 37.3 Å². The van der Waals surface area contributed by atoms with Crippen LogP contribution in [0.2, 0.25) is 0 Å². The molecule has 96 valence electrons. The van der Waals surface area contributed by atoms with Gasteiger partial charge in [0.05, 0.1) is 5.69 Å². The van der Waals surface area contributed by atoms with E-state index in [1.165, 1.54) is 5.56 Å². The molecule has 2 rings (SSSR count). The maximum absolute atomic E-state index is 11.9. The zero-order valence-corrected chi connectivity index (χ0v) is 12.0. The average Bonchev–Trinajstić information content (AvgIpc) is 2.68. The summed E-state index contributed by atoms with van der Waals surface area (Å²) in [6, 6.07) is 10.3. The second-order valence-corrected chi connectivity index (χ2v) is 5.10. The maximum Gasteiger partial charge on any atom is 0.281 e. The summed E-state index contributed by atoms with van der Waals surface area (Å²) in [5, 5.41) is 3.14. The second-order valence-electron chi connectivity index (χ2n) is 4.30. The van der Waals surface area contributed by atoms with Gasteiger partial charge in [0, 0.05) is 6.54 Å². The predicted molar refractivity (Wildman–Crippen MR) is 76.9 cm³/mol. The van der Waals surface area contributed by atoms with Crippen LogP contribution in [0.25, 0.3) is 0 Å². The average molecular weight is 309 g/mol. The molecule has 4 heteroatoms. The summed E-state index contributed by atoms with van der Waals surface area (Å²) in [4.78, 5) is 11.9. The monoisotopic (exact) mass is 308 g/mol. The highest BCUT2D eigenvalue weighted by Gasteiger charge is 2.09. The number of aryl methyl sites for hydroxylation is 3. The van der Waals surface area contributed by atoms with Crippen molar-refractivity contribution in [3.63, 3.8) is 0 Å². The van der Waals surface area contributed by atoms with Gasteiger partial charge in [0.2, 0.25) is 0 Å². The third kappa shape index (κ3) is 2.93. The lowest BCUT2D eigenvalue weighted by atomic mass is 10.1. The van der Waals surface area contributed by atoms with Crippen LogP contribution in [0.4, 0.5) is 0 Å². The predicted octanol–water partition coefficient (Wildman–Crippen LogP) is 3.13. The van der Waals surface area contributed by atoms with Crippen molar-refractivity contribution in [2.75, 3.05) is 0 Å². The van der Waals surface area contributed by atoms with E-state index in [9.17, 15) is 4.79 Å². The van der Waals surface area contributed by atoms with Gasteiger partial charge in [0.1, 0.15) is 4.47 Å². The summed E-state index contributed by atoms with van der Waals surface area (Å²) in [7, 11) is 0. The summed E-state index contributed by atoms with van der Waals surface area (Å²) in [6.07, 6.45) is 2.78. The fourth-order valence-electron chi connectivity index (χ4n) is 1.99. The van der Waals surface area contributed by atoms with Crippen LogP contribution >= 0.6 is 15.9 Å². The van der Waals surface area contributed by atoms with Crippen molar-refractivity contribution in [2.24, 2.45) is 0 Å². The van der Waals surface area contributed by atoms with Gasteiger partial charge in [-0.15, -0.1) is 0 Å². The normalized spacial score (nSPS) is 10.8. The number of rotatable bonds is 5. The molecule has 1 heterocycles. The Morgan fingerprint density at radius 1 is 1.28 bits per heavy atom. The van der Waals surface area contributed by atoms with Gasteiger partial charge in [0.25, 0.3) is 5.56 Å². The Morgan fingerprint density at radius 3 is 2.61 bits per heavy atom. The molecule has 1 aromatic carbocycles. The van der Waals surface area contributed by atoms with Crippen LogP contribution in [0, 0.1) is 0 Å². The van der Waals surface area contributed by atoms with Crippen molar-refractivity contribution in [1.29, 1.82) is 0 Å². The number of hydrogen-bond acceptors (Lipinski definition) is 1. The summed E-state index contributed by atoms with van der Waals surface area (Å²) in [5.74, 6) is 0. The van der Waals surface area contributed by atoms with E-state index in [0.717, 1.165) is 31.5 Å². The number of halogens is 1. The van der Waals surface area contributed by atoms with E-state index in [1.54, 1.807) is 4.68 Å². The van der Waals surface area contributed by atoms with Crippen LogP contribution in [-0.4, -0.2) is 9.78 Å². The minimum absolute atomic E-state index is 0.0416. The molecule has 0 radical (unpaired) electrons. The van der Waals surface area contributed by atoms with Crippen molar-refractivity contribution in [3.05, 3.63) is 56.4 Å². The Labute approximate surface area is 115 Å². The molecule has 3 nitrogen and oxygen atoms in total.